The molecule has 1 aromatic rings. The minimum Gasteiger partial charge on any atom is -0.479 e. The fourth-order valence-corrected chi connectivity index (χ4v) is 6.49. The van der Waals surface area contributed by atoms with Gasteiger partial charge in [0.1, 0.15) is 18.2 Å². The van der Waals surface area contributed by atoms with Crippen LogP contribution in [0.15, 0.2) is 30.3 Å². The summed E-state index contributed by atoms with van der Waals surface area (Å²) >= 11 is 0. The van der Waals surface area contributed by atoms with E-state index < -0.39 is 47.7 Å². The maximum Gasteiger partial charge on any atom is 0.508 e. The van der Waals surface area contributed by atoms with E-state index in [1.165, 1.54) is 11.9 Å². The first-order valence-corrected chi connectivity index (χ1v) is 15.4. The average molecular weight is 588 g/mol. The maximum absolute atomic E-state index is 14.2. The molecule has 11 nitrogen and oxygen atoms in total. The number of nitrogens with zero attached hydrogens (tertiary/aromatic N) is 2. The lowest BCUT2D eigenvalue weighted by Gasteiger charge is -2.51. The van der Waals surface area contributed by atoms with Gasteiger partial charge in [-0.05, 0) is 83.6 Å². The van der Waals surface area contributed by atoms with Crippen LogP contribution in [0, 0.1) is 0 Å². The number of fused-ring (bicyclic) bond motifs is 1. The van der Waals surface area contributed by atoms with Gasteiger partial charge >= 0.3 is 18.1 Å². The topological polar surface area (TPSA) is 135 Å². The van der Waals surface area contributed by atoms with Crippen LogP contribution in [0.25, 0.3) is 0 Å². The minimum absolute atomic E-state index is 0.116. The van der Waals surface area contributed by atoms with Gasteiger partial charge in [0.25, 0.3) is 5.91 Å². The number of hydrogen-bond donors (Lipinski definition) is 2. The van der Waals surface area contributed by atoms with Gasteiger partial charge in [-0.1, -0.05) is 36.8 Å². The summed E-state index contributed by atoms with van der Waals surface area (Å²) in [7, 11) is 0. The molecule has 232 valence electrons. The predicted octanol–water partition coefficient (Wildman–Crippen LogP) is 3.84. The summed E-state index contributed by atoms with van der Waals surface area (Å²) < 4.78 is 16.5. The largest absolute Gasteiger partial charge is 0.508 e. The van der Waals surface area contributed by atoms with Gasteiger partial charge in [-0.15, -0.1) is 0 Å². The van der Waals surface area contributed by atoms with Crippen LogP contribution in [-0.2, 0) is 35.0 Å². The molecule has 1 saturated carbocycles. The zero-order chi connectivity index (χ0) is 30.1. The summed E-state index contributed by atoms with van der Waals surface area (Å²) in [6.45, 7) is 4.42. The van der Waals surface area contributed by atoms with E-state index in [0.29, 0.717) is 45.2 Å². The standard InChI is InChI=1S/C31H45N3O8/c1-3-40-28(36)26(18-17-23-12-6-4-7-13-23)32-25-16-10-20-33-21-11-19-31(29(37)38,34(33)27(25)35)22(2)41-30(39)42-24-14-8-5-9-15-24/h4,6-7,12-13,22,24-26,32H,3,5,8-11,14-21H2,1-2H3,(H,37,38)/t22?,25-,26-,31-/m0/s1. The molecule has 4 atom stereocenters. The van der Waals surface area contributed by atoms with Crippen LogP contribution in [-0.4, -0.2) is 88.7 Å². The highest BCUT2D eigenvalue weighted by molar-refractivity contribution is 5.91. The Balaban J connectivity index is 1.54. The van der Waals surface area contributed by atoms with Gasteiger partial charge in [-0.2, -0.15) is 0 Å². The Morgan fingerprint density at radius 3 is 2.45 bits per heavy atom. The van der Waals surface area contributed by atoms with Crippen LogP contribution in [0.2, 0.25) is 0 Å². The molecule has 2 N–H and O–H groups in total. The van der Waals surface area contributed by atoms with Crippen molar-refractivity contribution >= 4 is 24.0 Å². The van der Waals surface area contributed by atoms with E-state index in [9.17, 15) is 24.3 Å². The van der Waals surface area contributed by atoms with Crippen molar-refractivity contribution in [2.45, 2.75) is 114 Å². The number of aliphatic carboxylic acids is 1. The number of carbonyl (C=O) groups excluding carboxylic acids is 3. The van der Waals surface area contributed by atoms with Gasteiger partial charge in [0.05, 0.1) is 12.6 Å². The highest BCUT2D eigenvalue weighted by Gasteiger charge is 2.58. The first-order chi connectivity index (χ1) is 20.3. The number of hydrazine groups is 1. The number of amides is 1. The van der Waals surface area contributed by atoms with Crippen LogP contribution in [0.5, 0.6) is 0 Å². The Morgan fingerprint density at radius 1 is 1.05 bits per heavy atom. The van der Waals surface area contributed by atoms with Gasteiger partial charge in [-0.25, -0.2) is 14.6 Å². The Labute approximate surface area is 247 Å². The molecule has 0 radical (unpaired) electrons. The third-order valence-corrected chi connectivity index (χ3v) is 8.72. The van der Waals surface area contributed by atoms with Crippen molar-refractivity contribution < 1.29 is 38.5 Å². The zero-order valence-corrected chi connectivity index (χ0v) is 24.8. The van der Waals surface area contributed by atoms with Crippen molar-refractivity contribution in [3.63, 3.8) is 0 Å². The molecule has 0 bridgehead atoms. The molecule has 11 heteroatoms. The minimum atomic E-state index is -1.81. The third kappa shape index (κ3) is 7.42. The van der Waals surface area contributed by atoms with E-state index in [2.05, 4.69) is 5.32 Å². The number of hydrogen-bond acceptors (Lipinski definition) is 9. The molecule has 1 aromatic carbocycles. The summed E-state index contributed by atoms with van der Waals surface area (Å²) in [5, 5.41) is 16.9. The monoisotopic (exact) mass is 587 g/mol. The number of benzene rings is 1. The van der Waals surface area contributed by atoms with Crippen molar-refractivity contribution in [3.05, 3.63) is 35.9 Å². The number of rotatable bonds is 11. The van der Waals surface area contributed by atoms with Crippen molar-refractivity contribution in [1.82, 2.24) is 15.3 Å². The molecule has 2 aliphatic heterocycles. The average Bonchev–Trinajstić information content (AvgIpc) is 3.14. The number of carboxylic acid groups (broad SMARTS) is 1. The smallest absolute Gasteiger partial charge is 0.479 e. The van der Waals surface area contributed by atoms with Crippen LogP contribution in [0.1, 0.15) is 83.6 Å². The zero-order valence-electron chi connectivity index (χ0n) is 24.8. The number of esters is 1. The van der Waals surface area contributed by atoms with Crippen LogP contribution < -0.4 is 5.32 Å². The Kier molecular flexibility index (Phi) is 11.2. The first-order valence-electron chi connectivity index (χ1n) is 15.4. The molecule has 3 aliphatic rings. The molecular weight excluding hydrogens is 542 g/mol. The molecule has 1 aliphatic carbocycles. The number of carbonyl (C=O) groups is 4. The summed E-state index contributed by atoms with van der Waals surface area (Å²) in [5.41, 5.74) is -0.756. The molecule has 1 amide bonds. The second-order valence-corrected chi connectivity index (χ2v) is 11.5. The second-order valence-electron chi connectivity index (χ2n) is 11.5. The van der Waals surface area contributed by atoms with Crippen molar-refractivity contribution in [2.75, 3.05) is 19.7 Å². The van der Waals surface area contributed by atoms with E-state index in [4.69, 9.17) is 14.2 Å². The lowest BCUT2D eigenvalue weighted by Crippen LogP contribution is -2.72. The van der Waals surface area contributed by atoms with Gasteiger partial charge in [0.15, 0.2) is 5.54 Å². The van der Waals surface area contributed by atoms with Gasteiger partial charge < -0.3 is 19.3 Å². The number of aryl methyl sites for hydroxylation is 1. The SMILES string of the molecule is CCOC(=O)[C@H](CCc1ccccc1)N[C@H]1CCCN2CCC[C@@](C(=O)O)(C(C)OC(=O)OC3CCCCC3)N2C1=O. The molecule has 1 unspecified atom stereocenters. The summed E-state index contributed by atoms with van der Waals surface area (Å²) in [6.07, 6.45) is 4.89. The van der Waals surface area contributed by atoms with E-state index in [0.717, 1.165) is 37.7 Å². The van der Waals surface area contributed by atoms with E-state index in [-0.39, 0.29) is 19.1 Å². The Bertz CT molecular complexity index is 1080. The highest BCUT2D eigenvalue weighted by atomic mass is 16.7. The number of nitrogens with one attached hydrogen (secondary N) is 1. The van der Waals surface area contributed by atoms with Crippen molar-refractivity contribution in [2.24, 2.45) is 0 Å². The van der Waals surface area contributed by atoms with Crippen LogP contribution in [0.4, 0.5) is 4.79 Å². The van der Waals surface area contributed by atoms with E-state index in [1.807, 2.05) is 30.3 Å². The lowest BCUT2D eigenvalue weighted by atomic mass is 9.84. The first kappa shape index (κ1) is 31.7. The van der Waals surface area contributed by atoms with Crippen molar-refractivity contribution in [1.29, 1.82) is 0 Å². The molecule has 0 spiro atoms. The van der Waals surface area contributed by atoms with Gasteiger partial charge in [-0.3, -0.25) is 19.9 Å². The summed E-state index contributed by atoms with van der Waals surface area (Å²) in [5.74, 6) is -2.16. The Morgan fingerprint density at radius 2 is 1.76 bits per heavy atom. The molecule has 0 aromatic heterocycles. The lowest BCUT2D eigenvalue weighted by molar-refractivity contribution is -0.208. The summed E-state index contributed by atoms with van der Waals surface area (Å²) in [6, 6.07) is 8.17. The fourth-order valence-electron chi connectivity index (χ4n) is 6.49. The van der Waals surface area contributed by atoms with Crippen LogP contribution >= 0.6 is 0 Å². The van der Waals surface area contributed by atoms with Gasteiger partial charge in [0, 0.05) is 13.1 Å². The maximum atomic E-state index is 14.2. The Hall–Kier alpha value is -3.18. The van der Waals surface area contributed by atoms with Gasteiger partial charge in [0.2, 0.25) is 0 Å². The molecule has 42 heavy (non-hydrogen) atoms. The van der Waals surface area contributed by atoms with E-state index in [1.54, 1.807) is 11.9 Å². The molecule has 2 saturated heterocycles. The molecular formula is C31H45N3O8. The van der Waals surface area contributed by atoms with Crippen LogP contribution in [0.3, 0.4) is 0 Å². The molecule has 4 rings (SSSR count). The molecule has 2 heterocycles. The fraction of sp³-hybridized carbons (Fsp3) is 0.677. The normalized spacial score (nSPS) is 25.0. The highest BCUT2D eigenvalue weighted by Crippen LogP contribution is 2.37. The predicted molar refractivity (Wildman–Crippen MR) is 153 cm³/mol. The summed E-state index contributed by atoms with van der Waals surface area (Å²) in [4.78, 5) is 53.0. The second kappa shape index (κ2) is 14.8. The van der Waals surface area contributed by atoms with E-state index >= 15 is 0 Å². The third-order valence-electron chi connectivity index (χ3n) is 8.72. The van der Waals surface area contributed by atoms with Crippen molar-refractivity contribution in [3.8, 4) is 0 Å². The quantitative estimate of drug-likeness (QED) is 0.368. The number of carboxylic acids is 1. The molecule has 3 fully saturated rings. The number of ether oxygens (including phenoxy) is 3.